The number of carbonyl (C=O) groups excluding carboxylic acids is 3. The number of nitrogens with zero attached hydrogens (tertiary/aromatic N) is 1. The van der Waals surface area contributed by atoms with Gasteiger partial charge in [-0.2, -0.15) is 0 Å². The summed E-state index contributed by atoms with van der Waals surface area (Å²) >= 11 is 0. The number of imide groups is 1. The molecule has 6 nitrogen and oxygen atoms in total. The van der Waals surface area contributed by atoms with Crippen molar-refractivity contribution in [1.29, 1.82) is 0 Å². The average Bonchev–Trinajstić information content (AvgIpc) is 2.83. The van der Waals surface area contributed by atoms with Crippen LogP contribution in [0.2, 0.25) is 0 Å². The molecular weight excluding hydrogens is 356 g/mol. The molecule has 1 aliphatic heterocycles. The zero-order valence-electron chi connectivity index (χ0n) is 14.7. The summed E-state index contributed by atoms with van der Waals surface area (Å²) < 4.78 is 26.7. The summed E-state index contributed by atoms with van der Waals surface area (Å²) in [6, 6.07) is 9.17. The molecule has 1 fully saturated rings. The molecule has 140 valence electrons. The van der Waals surface area contributed by atoms with Crippen molar-refractivity contribution in [3.05, 3.63) is 65.2 Å². The van der Waals surface area contributed by atoms with E-state index in [1.807, 2.05) is 19.1 Å². The van der Waals surface area contributed by atoms with E-state index in [1.54, 1.807) is 12.1 Å². The van der Waals surface area contributed by atoms with Crippen LogP contribution >= 0.6 is 0 Å². The number of amides is 4. The summed E-state index contributed by atoms with van der Waals surface area (Å²) in [7, 11) is 0. The van der Waals surface area contributed by atoms with Crippen LogP contribution in [0.25, 0.3) is 0 Å². The minimum absolute atomic E-state index is 0.0844. The number of nitrogens with one attached hydrogen (secondary N) is 2. The largest absolute Gasteiger partial charge is 0.325 e. The van der Waals surface area contributed by atoms with Crippen molar-refractivity contribution >= 4 is 23.5 Å². The highest BCUT2D eigenvalue weighted by Gasteiger charge is 2.49. The van der Waals surface area contributed by atoms with Gasteiger partial charge in [-0.05, 0) is 43.7 Å². The molecule has 0 aromatic heterocycles. The summed E-state index contributed by atoms with van der Waals surface area (Å²) in [6.45, 7) is 2.77. The summed E-state index contributed by atoms with van der Waals surface area (Å²) in [4.78, 5) is 37.9. The van der Waals surface area contributed by atoms with Crippen molar-refractivity contribution in [3.8, 4) is 0 Å². The SMILES string of the molecule is Cc1ccc(NC(=O)CN2C(=O)NC(C)(c3ccc(F)c(F)c3)C2=O)cc1. The lowest BCUT2D eigenvalue weighted by Gasteiger charge is -2.22. The smallest absolute Gasteiger partial charge is 0.325 e. The van der Waals surface area contributed by atoms with Gasteiger partial charge < -0.3 is 10.6 Å². The van der Waals surface area contributed by atoms with Gasteiger partial charge in [-0.1, -0.05) is 23.8 Å². The molecule has 1 unspecified atom stereocenters. The van der Waals surface area contributed by atoms with E-state index in [9.17, 15) is 23.2 Å². The van der Waals surface area contributed by atoms with Gasteiger partial charge in [0.05, 0.1) is 0 Å². The highest BCUT2D eigenvalue weighted by Crippen LogP contribution is 2.29. The fraction of sp³-hybridized carbons (Fsp3) is 0.211. The molecule has 1 heterocycles. The van der Waals surface area contributed by atoms with E-state index in [4.69, 9.17) is 0 Å². The highest BCUT2D eigenvalue weighted by atomic mass is 19.2. The van der Waals surface area contributed by atoms with Crippen molar-refractivity contribution in [2.45, 2.75) is 19.4 Å². The molecule has 0 aliphatic carbocycles. The van der Waals surface area contributed by atoms with Gasteiger partial charge in [0.2, 0.25) is 5.91 Å². The minimum Gasteiger partial charge on any atom is -0.325 e. The maximum Gasteiger partial charge on any atom is 0.325 e. The Morgan fingerprint density at radius 3 is 2.41 bits per heavy atom. The molecule has 4 amide bonds. The summed E-state index contributed by atoms with van der Waals surface area (Å²) in [5, 5.41) is 5.04. The molecule has 1 saturated heterocycles. The lowest BCUT2D eigenvalue weighted by molar-refractivity contribution is -0.133. The summed E-state index contributed by atoms with van der Waals surface area (Å²) in [6.07, 6.45) is 0. The molecule has 2 N–H and O–H groups in total. The quantitative estimate of drug-likeness (QED) is 0.809. The fourth-order valence-electron chi connectivity index (χ4n) is 2.82. The van der Waals surface area contributed by atoms with E-state index in [2.05, 4.69) is 10.6 Å². The van der Waals surface area contributed by atoms with Crippen LogP contribution in [0.15, 0.2) is 42.5 Å². The second-order valence-electron chi connectivity index (χ2n) is 6.49. The number of hydrogen-bond acceptors (Lipinski definition) is 3. The van der Waals surface area contributed by atoms with Gasteiger partial charge in [0.25, 0.3) is 5.91 Å². The molecule has 8 heteroatoms. The zero-order valence-corrected chi connectivity index (χ0v) is 14.7. The Labute approximate surface area is 154 Å². The molecule has 2 aromatic rings. The predicted octanol–water partition coefficient (Wildman–Crippen LogP) is 2.68. The van der Waals surface area contributed by atoms with Gasteiger partial charge in [0.1, 0.15) is 12.1 Å². The summed E-state index contributed by atoms with van der Waals surface area (Å²) in [5.74, 6) is -3.48. The number of hydrogen-bond donors (Lipinski definition) is 2. The van der Waals surface area contributed by atoms with Crippen LogP contribution in [0.3, 0.4) is 0 Å². The van der Waals surface area contributed by atoms with E-state index >= 15 is 0 Å². The molecular formula is C19H17F2N3O3. The number of benzene rings is 2. The average molecular weight is 373 g/mol. The van der Waals surface area contributed by atoms with Crippen LogP contribution in [0.5, 0.6) is 0 Å². The van der Waals surface area contributed by atoms with Gasteiger partial charge in [-0.3, -0.25) is 14.5 Å². The zero-order chi connectivity index (χ0) is 19.8. The van der Waals surface area contributed by atoms with E-state index < -0.39 is 41.6 Å². The Kier molecular flexibility index (Phi) is 4.65. The van der Waals surface area contributed by atoms with E-state index in [1.165, 1.54) is 13.0 Å². The Bertz CT molecular complexity index is 930. The molecule has 0 spiro atoms. The van der Waals surface area contributed by atoms with Gasteiger partial charge >= 0.3 is 6.03 Å². The second-order valence-corrected chi connectivity index (χ2v) is 6.49. The molecule has 1 aliphatic rings. The summed E-state index contributed by atoms with van der Waals surface area (Å²) in [5.41, 5.74) is 0.0436. The van der Waals surface area contributed by atoms with Crippen molar-refractivity contribution in [2.75, 3.05) is 11.9 Å². The van der Waals surface area contributed by atoms with Gasteiger partial charge in [0, 0.05) is 5.69 Å². The van der Waals surface area contributed by atoms with Crippen molar-refractivity contribution in [1.82, 2.24) is 10.2 Å². The van der Waals surface area contributed by atoms with Crippen molar-refractivity contribution in [3.63, 3.8) is 0 Å². The van der Waals surface area contributed by atoms with Gasteiger partial charge in [-0.25, -0.2) is 13.6 Å². The maximum absolute atomic E-state index is 13.5. The Hall–Kier alpha value is -3.29. The Balaban J connectivity index is 1.76. The van der Waals surface area contributed by atoms with Crippen LogP contribution in [-0.4, -0.2) is 29.3 Å². The van der Waals surface area contributed by atoms with E-state index in [0.29, 0.717) is 5.69 Å². The fourth-order valence-corrected chi connectivity index (χ4v) is 2.82. The minimum atomic E-state index is -1.59. The first-order valence-electron chi connectivity index (χ1n) is 8.17. The second kappa shape index (κ2) is 6.79. The lowest BCUT2D eigenvalue weighted by Crippen LogP contribution is -2.42. The monoisotopic (exact) mass is 373 g/mol. The number of aryl methyl sites for hydroxylation is 1. The van der Waals surface area contributed by atoms with Crippen LogP contribution in [0.1, 0.15) is 18.1 Å². The molecule has 0 saturated carbocycles. The lowest BCUT2D eigenvalue weighted by atomic mass is 9.92. The molecule has 27 heavy (non-hydrogen) atoms. The highest BCUT2D eigenvalue weighted by molar-refractivity contribution is 6.10. The topological polar surface area (TPSA) is 78.5 Å². The van der Waals surface area contributed by atoms with Crippen LogP contribution in [0, 0.1) is 18.6 Å². The van der Waals surface area contributed by atoms with Crippen molar-refractivity contribution in [2.24, 2.45) is 0 Å². The standard InChI is InChI=1S/C19H17F2N3O3/c1-11-3-6-13(7-4-11)22-16(25)10-24-17(26)19(2,23-18(24)27)12-5-8-14(20)15(21)9-12/h3-9H,10H2,1-2H3,(H,22,25)(H,23,27). The molecule has 0 radical (unpaired) electrons. The normalized spacial score (nSPS) is 19.2. The number of halogens is 2. The van der Waals surface area contributed by atoms with E-state index in [0.717, 1.165) is 22.6 Å². The van der Waals surface area contributed by atoms with Crippen LogP contribution in [-0.2, 0) is 15.1 Å². The van der Waals surface area contributed by atoms with Gasteiger partial charge in [-0.15, -0.1) is 0 Å². The van der Waals surface area contributed by atoms with Crippen molar-refractivity contribution < 1.29 is 23.2 Å². The van der Waals surface area contributed by atoms with Crippen LogP contribution in [0.4, 0.5) is 19.3 Å². The maximum atomic E-state index is 13.5. The first-order valence-corrected chi connectivity index (χ1v) is 8.17. The predicted molar refractivity (Wildman–Crippen MR) is 93.8 cm³/mol. The number of anilines is 1. The number of rotatable bonds is 4. The van der Waals surface area contributed by atoms with E-state index in [-0.39, 0.29) is 5.56 Å². The third-order valence-corrected chi connectivity index (χ3v) is 4.41. The third-order valence-electron chi connectivity index (χ3n) is 4.41. The molecule has 0 bridgehead atoms. The first-order chi connectivity index (χ1) is 12.7. The number of urea groups is 1. The number of carbonyl (C=O) groups is 3. The Morgan fingerprint density at radius 1 is 1.11 bits per heavy atom. The first kappa shape index (κ1) is 18.5. The molecule has 3 rings (SSSR count). The molecule has 2 aromatic carbocycles. The Morgan fingerprint density at radius 2 is 1.78 bits per heavy atom. The molecule has 1 atom stereocenters. The third kappa shape index (κ3) is 3.51. The van der Waals surface area contributed by atoms with Crippen LogP contribution < -0.4 is 10.6 Å². The van der Waals surface area contributed by atoms with Gasteiger partial charge in [0.15, 0.2) is 11.6 Å².